The monoisotopic (exact) mass is 358 g/mol. The van der Waals surface area contributed by atoms with E-state index in [0.29, 0.717) is 5.56 Å². The molecule has 0 aliphatic carbocycles. The Labute approximate surface area is 146 Å². The number of sulfone groups is 1. The van der Waals surface area contributed by atoms with Crippen LogP contribution in [0.5, 0.6) is 0 Å². The van der Waals surface area contributed by atoms with Crippen molar-refractivity contribution in [2.45, 2.75) is 28.6 Å². The second-order valence-corrected chi connectivity index (χ2v) is 7.77. The predicted octanol–water partition coefficient (Wildman–Crippen LogP) is 2.86. The number of ether oxygens (including phenoxy) is 2. The molecule has 0 spiro atoms. The van der Waals surface area contributed by atoms with Crippen LogP contribution < -0.4 is 0 Å². The van der Waals surface area contributed by atoms with Crippen LogP contribution in [0.1, 0.15) is 12.5 Å². The molecule has 0 saturated carbocycles. The lowest BCUT2D eigenvalue weighted by molar-refractivity contribution is -0.185. The van der Waals surface area contributed by atoms with E-state index in [2.05, 4.69) is 0 Å². The molecule has 6 heteroatoms. The summed E-state index contributed by atoms with van der Waals surface area (Å²) in [7, 11) is -2.11. The Balaban J connectivity index is 1.96. The summed E-state index contributed by atoms with van der Waals surface area (Å²) < 4.78 is 36.1. The summed E-state index contributed by atoms with van der Waals surface area (Å²) in [5, 5.41) is 0. The second-order valence-electron chi connectivity index (χ2n) is 5.82. The number of ketones is 1. The minimum atomic E-state index is -3.60. The molecule has 0 radical (unpaired) electrons. The fraction of sp³-hybridized carbons (Fsp3) is 0.211. The Bertz CT molecular complexity index is 901. The van der Waals surface area contributed by atoms with Crippen molar-refractivity contribution >= 4 is 15.6 Å². The Hall–Kier alpha value is -2.28. The normalized spacial score (nSPS) is 23.6. The molecular weight excluding hydrogens is 340 g/mol. The molecule has 0 bridgehead atoms. The van der Waals surface area contributed by atoms with Crippen LogP contribution in [0.15, 0.2) is 76.5 Å². The Kier molecular flexibility index (Phi) is 4.60. The van der Waals surface area contributed by atoms with Crippen molar-refractivity contribution in [3.63, 3.8) is 0 Å². The molecule has 130 valence electrons. The van der Waals surface area contributed by atoms with E-state index >= 15 is 0 Å². The molecule has 3 rings (SSSR count). The van der Waals surface area contributed by atoms with Crippen molar-refractivity contribution in [3.05, 3.63) is 72.3 Å². The van der Waals surface area contributed by atoms with Crippen molar-refractivity contribution in [2.24, 2.45) is 0 Å². The fourth-order valence-electron chi connectivity index (χ4n) is 2.68. The van der Waals surface area contributed by atoms with E-state index in [4.69, 9.17) is 9.47 Å². The zero-order valence-corrected chi connectivity index (χ0v) is 14.7. The standard InChI is InChI=1S/C19H18O5S/c1-19(17(20)12-13-18(23-2)24-19)14-8-10-16(11-9-14)25(21,22)15-6-4-3-5-7-15/h3-13,18H,1-2H3/t18-,19+/m1/s1. The first-order valence-electron chi connectivity index (χ1n) is 7.72. The summed E-state index contributed by atoms with van der Waals surface area (Å²) in [4.78, 5) is 12.7. The van der Waals surface area contributed by atoms with Gasteiger partial charge < -0.3 is 9.47 Å². The zero-order chi connectivity index (χ0) is 18.1. The SMILES string of the molecule is CO[C@H]1C=CC(=O)[C@](C)(c2ccc(S(=O)(=O)c3ccccc3)cc2)O1. The van der Waals surface area contributed by atoms with Crippen LogP contribution in [0.2, 0.25) is 0 Å². The quantitative estimate of drug-likeness (QED) is 0.841. The topological polar surface area (TPSA) is 69.7 Å². The molecule has 0 unspecified atom stereocenters. The molecule has 2 aromatic carbocycles. The van der Waals surface area contributed by atoms with Crippen LogP contribution in [0.25, 0.3) is 0 Å². The van der Waals surface area contributed by atoms with Crippen LogP contribution in [-0.4, -0.2) is 27.6 Å². The summed E-state index contributed by atoms with van der Waals surface area (Å²) in [6, 6.07) is 14.4. The van der Waals surface area contributed by atoms with Gasteiger partial charge in [-0.15, -0.1) is 0 Å². The zero-order valence-electron chi connectivity index (χ0n) is 13.9. The minimum Gasteiger partial charge on any atom is -0.352 e. The first-order valence-corrected chi connectivity index (χ1v) is 9.20. The van der Waals surface area contributed by atoms with E-state index in [1.165, 1.54) is 31.4 Å². The lowest BCUT2D eigenvalue weighted by Crippen LogP contribution is -2.41. The summed E-state index contributed by atoms with van der Waals surface area (Å²) in [5.41, 5.74) is -0.652. The maximum absolute atomic E-state index is 12.6. The largest absolute Gasteiger partial charge is 0.352 e. The van der Waals surface area contributed by atoms with Gasteiger partial charge >= 0.3 is 0 Å². The van der Waals surface area contributed by atoms with Gasteiger partial charge in [0.25, 0.3) is 0 Å². The maximum atomic E-state index is 12.6. The van der Waals surface area contributed by atoms with Crippen LogP contribution >= 0.6 is 0 Å². The summed E-state index contributed by atoms with van der Waals surface area (Å²) >= 11 is 0. The molecule has 0 N–H and O–H groups in total. The van der Waals surface area contributed by atoms with E-state index in [1.54, 1.807) is 49.4 Å². The van der Waals surface area contributed by atoms with Gasteiger partial charge in [-0.3, -0.25) is 4.79 Å². The average Bonchev–Trinajstić information content (AvgIpc) is 2.65. The van der Waals surface area contributed by atoms with E-state index in [1.807, 2.05) is 0 Å². The lowest BCUT2D eigenvalue weighted by atomic mass is 9.89. The molecule has 0 saturated heterocycles. The van der Waals surface area contributed by atoms with Crippen molar-refractivity contribution in [2.75, 3.05) is 7.11 Å². The van der Waals surface area contributed by atoms with Gasteiger partial charge in [0, 0.05) is 7.11 Å². The summed E-state index contributed by atoms with van der Waals surface area (Å²) in [6.07, 6.45) is 2.33. The molecule has 0 aromatic heterocycles. The number of hydrogen-bond donors (Lipinski definition) is 0. The van der Waals surface area contributed by atoms with Gasteiger partial charge in [-0.1, -0.05) is 30.3 Å². The van der Waals surface area contributed by atoms with Gasteiger partial charge in [0.15, 0.2) is 17.7 Å². The van der Waals surface area contributed by atoms with Gasteiger partial charge in [-0.25, -0.2) is 8.42 Å². The molecule has 1 heterocycles. The molecule has 2 atom stereocenters. The number of methoxy groups -OCH3 is 1. The molecule has 25 heavy (non-hydrogen) atoms. The second kappa shape index (κ2) is 6.55. The van der Waals surface area contributed by atoms with Crippen molar-refractivity contribution in [3.8, 4) is 0 Å². The molecule has 2 aromatic rings. The number of benzene rings is 2. The molecule has 0 fully saturated rings. The van der Waals surface area contributed by atoms with Crippen LogP contribution in [0, 0.1) is 0 Å². The average molecular weight is 358 g/mol. The Morgan fingerprint density at radius 3 is 2.20 bits per heavy atom. The highest BCUT2D eigenvalue weighted by Gasteiger charge is 2.39. The van der Waals surface area contributed by atoms with Gasteiger partial charge in [0.05, 0.1) is 9.79 Å². The Morgan fingerprint density at radius 1 is 1.00 bits per heavy atom. The third kappa shape index (κ3) is 3.16. The molecule has 5 nitrogen and oxygen atoms in total. The first kappa shape index (κ1) is 17.5. The first-order chi connectivity index (χ1) is 11.9. The predicted molar refractivity (Wildman–Crippen MR) is 91.7 cm³/mol. The summed E-state index contributed by atoms with van der Waals surface area (Å²) in [6.45, 7) is 1.64. The molecular formula is C19H18O5S. The lowest BCUT2D eigenvalue weighted by Gasteiger charge is -2.33. The highest BCUT2D eigenvalue weighted by molar-refractivity contribution is 7.91. The fourth-order valence-corrected chi connectivity index (χ4v) is 3.96. The van der Waals surface area contributed by atoms with E-state index < -0.39 is 21.7 Å². The van der Waals surface area contributed by atoms with Gasteiger partial charge in [0.2, 0.25) is 9.84 Å². The molecule has 1 aliphatic heterocycles. The third-order valence-electron chi connectivity index (χ3n) is 4.23. The van der Waals surface area contributed by atoms with E-state index in [9.17, 15) is 13.2 Å². The highest BCUT2D eigenvalue weighted by atomic mass is 32.2. The number of carbonyl (C=O) groups is 1. The Morgan fingerprint density at radius 2 is 1.60 bits per heavy atom. The number of carbonyl (C=O) groups excluding carboxylic acids is 1. The maximum Gasteiger partial charge on any atom is 0.206 e. The van der Waals surface area contributed by atoms with E-state index in [-0.39, 0.29) is 15.6 Å². The van der Waals surface area contributed by atoms with Crippen molar-refractivity contribution < 1.29 is 22.7 Å². The molecule has 0 amide bonds. The number of hydrogen-bond acceptors (Lipinski definition) is 5. The smallest absolute Gasteiger partial charge is 0.206 e. The van der Waals surface area contributed by atoms with Crippen LogP contribution in [0.3, 0.4) is 0 Å². The summed E-state index contributed by atoms with van der Waals surface area (Å²) in [5.74, 6) is -0.223. The van der Waals surface area contributed by atoms with Crippen molar-refractivity contribution in [1.82, 2.24) is 0 Å². The van der Waals surface area contributed by atoms with Gasteiger partial charge in [0.1, 0.15) is 0 Å². The third-order valence-corrected chi connectivity index (χ3v) is 6.01. The van der Waals surface area contributed by atoms with Gasteiger partial charge in [-0.05, 0) is 48.9 Å². The highest BCUT2D eigenvalue weighted by Crippen LogP contribution is 2.33. The van der Waals surface area contributed by atoms with Crippen LogP contribution in [0.4, 0.5) is 0 Å². The number of rotatable bonds is 4. The van der Waals surface area contributed by atoms with Crippen molar-refractivity contribution in [1.29, 1.82) is 0 Å². The van der Waals surface area contributed by atoms with Crippen LogP contribution in [-0.2, 0) is 29.7 Å². The van der Waals surface area contributed by atoms with E-state index in [0.717, 1.165) is 0 Å². The van der Waals surface area contributed by atoms with Gasteiger partial charge in [-0.2, -0.15) is 0 Å². The minimum absolute atomic E-state index is 0.160. The molecule has 1 aliphatic rings.